The minimum absolute atomic E-state index is 0.00461. The predicted molar refractivity (Wildman–Crippen MR) is 105 cm³/mol. The van der Waals surface area contributed by atoms with Gasteiger partial charge in [0.1, 0.15) is 0 Å². The number of carbonyl (C=O) groups is 1. The Labute approximate surface area is 162 Å². The van der Waals surface area contributed by atoms with Gasteiger partial charge in [-0.3, -0.25) is 9.20 Å². The summed E-state index contributed by atoms with van der Waals surface area (Å²) in [5, 5.41) is 8.60. The van der Waals surface area contributed by atoms with Gasteiger partial charge >= 0.3 is 0 Å². The number of nitrogens with zero attached hydrogens (tertiary/aromatic N) is 4. The molecule has 0 atom stereocenters. The second kappa shape index (κ2) is 7.41. The van der Waals surface area contributed by atoms with Crippen LogP contribution in [0.2, 0.25) is 0 Å². The first-order valence-electron chi connectivity index (χ1n) is 8.20. The van der Waals surface area contributed by atoms with Crippen LogP contribution in [-0.2, 0) is 10.0 Å². The van der Waals surface area contributed by atoms with Gasteiger partial charge in [-0.2, -0.15) is 0 Å². The van der Waals surface area contributed by atoms with E-state index in [1.165, 1.54) is 38.1 Å². The highest BCUT2D eigenvalue weighted by atomic mass is 32.2. The van der Waals surface area contributed by atoms with E-state index < -0.39 is 10.0 Å². The van der Waals surface area contributed by atoms with Crippen molar-refractivity contribution in [3.63, 3.8) is 0 Å². The molecule has 0 aliphatic rings. The lowest BCUT2D eigenvalue weighted by Gasteiger charge is -2.11. The summed E-state index contributed by atoms with van der Waals surface area (Å²) in [4.78, 5) is 12.7. The van der Waals surface area contributed by atoms with E-state index >= 15 is 0 Å². The summed E-state index contributed by atoms with van der Waals surface area (Å²) in [5.41, 5.74) is 3.17. The number of carbonyl (C=O) groups excluding carboxylic acids is 1. The number of Topliss-reactive ketones (excluding diaryl/α,β-unsaturated/α-hetero) is 1. The number of hydrogen-bond donors (Lipinski definition) is 0. The molecule has 142 valence electrons. The Bertz CT molecular complexity index is 1120. The number of benzene rings is 1. The third kappa shape index (κ3) is 3.90. The monoisotopic (exact) mass is 404 g/mol. The van der Waals surface area contributed by atoms with Crippen molar-refractivity contribution in [3.8, 4) is 0 Å². The van der Waals surface area contributed by atoms with Crippen LogP contribution in [0.3, 0.4) is 0 Å². The molecule has 0 aliphatic carbocycles. The molecule has 0 aliphatic heterocycles. The Morgan fingerprint density at radius 3 is 2.59 bits per heavy atom. The third-order valence-electron chi connectivity index (χ3n) is 4.15. The summed E-state index contributed by atoms with van der Waals surface area (Å²) < 4.78 is 27.4. The Morgan fingerprint density at radius 2 is 1.89 bits per heavy atom. The van der Waals surface area contributed by atoms with E-state index in [9.17, 15) is 13.2 Å². The van der Waals surface area contributed by atoms with Crippen molar-refractivity contribution in [2.75, 3.05) is 19.8 Å². The molecule has 0 amide bonds. The van der Waals surface area contributed by atoms with Crippen molar-refractivity contribution in [1.29, 1.82) is 0 Å². The number of sulfonamides is 1. The maximum absolute atomic E-state index is 12.6. The van der Waals surface area contributed by atoms with Crippen molar-refractivity contribution in [3.05, 3.63) is 53.2 Å². The second-order valence-corrected chi connectivity index (χ2v) is 9.49. The second-order valence-electron chi connectivity index (χ2n) is 6.39. The highest BCUT2D eigenvalue weighted by Crippen LogP contribution is 2.22. The molecule has 0 spiro atoms. The third-order valence-corrected chi connectivity index (χ3v) is 6.89. The van der Waals surface area contributed by atoms with Crippen molar-refractivity contribution in [1.82, 2.24) is 18.9 Å². The molecule has 0 unspecified atom stereocenters. The number of thioether (sulfide) groups is 1. The van der Waals surface area contributed by atoms with E-state index in [1.54, 1.807) is 10.5 Å². The molecular weight excluding hydrogens is 384 g/mol. The average molecular weight is 405 g/mol. The van der Waals surface area contributed by atoms with Gasteiger partial charge in [-0.15, -0.1) is 10.2 Å². The zero-order valence-corrected chi connectivity index (χ0v) is 17.1. The summed E-state index contributed by atoms with van der Waals surface area (Å²) in [6, 6.07) is 8.87. The fourth-order valence-corrected chi connectivity index (χ4v) is 4.26. The number of hydrogen-bond acceptors (Lipinski definition) is 6. The molecule has 7 nitrogen and oxygen atoms in total. The molecule has 0 saturated heterocycles. The molecule has 0 saturated carbocycles. The lowest BCUT2D eigenvalue weighted by Crippen LogP contribution is -2.22. The minimum Gasteiger partial charge on any atom is -0.293 e. The quantitative estimate of drug-likeness (QED) is 0.464. The highest BCUT2D eigenvalue weighted by Gasteiger charge is 2.19. The molecule has 27 heavy (non-hydrogen) atoms. The van der Waals surface area contributed by atoms with Gasteiger partial charge in [0.2, 0.25) is 10.0 Å². The van der Waals surface area contributed by atoms with Gasteiger partial charge in [-0.05, 0) is 37.6 Å². The van der Waals surface area contributed by atoms with Crippen LogP contribution in [0, 0.1) is 13.8 Å². The van der Waals surface area contributed by atoms with Gasteiger partial charge in [0, 0.05) is 25.9 Å². The molecule has 1 aromatic carbocycles. The highest BCUT2D eigenvalue weighted by molar-refractivity contribution is 7.99. The predicted octanol–water partition coefficient (Wildman–Crippen LogP) is 2.57. The van der Waals surface area contributed by atoms with Crippen LogP contribution < -0.4 is 0 Å². The van der Waals surface area contributed by atoms with Gasteiger partial charge in [0.25, 0.3) is 0 Å². The lowest BCUT2D eigenvalue weighted by atomic mass is 10.0. The smallest absolute Gasteiger partial charge is 0.244 e. The largest absolute Gasteiger partial charge is 0.293 e. The molecule has 0 N–H and O–H groups in total. The van der Waals surface area contributed by atoms with E-state index in [0.29, 0.717) is 16.4 Å². The molecule has 9 heteroatoms. The maximum atomic E-state index is 12.6. The summed E-state index contributed by atoms with van der Waals surface area (Å²) in [6.45, 7) is 3.85. The summed E-state index contributed by atoms with van der Waals surface area (Å²) in [7, 11) is -0.614. The Hall–Kier alpha value is -2.23. The molecule has 2 heterocycles. The average Bonchev–Trinajstić information content (AvgIpc) is 3.03. The zero-order chi connectivity index (χ0) is 19.8. The van der Waals surface area contributed by atoms with E-state index in [-0.39, 0.29) is 16.4 Å². The molecule has 0 radical (unpaired) electrons. The van der Waals surface area contributed by atoms with Gasteiger partial charge in [-0.25, -0.2) is 12.7 Å². The van der Waals surface area contributed by atoms with Crippen LogP contribution in [0.25, 0.3) is 5.65 Å². The first-order valence-corrected chi connectivity index (χ1v) is 10.6. The molecule has 2 aromatic heterocycles. The van der Waals surface area contributed by atoms with Crippen molar-refractivity contribution >= 4 is 33.2 Å². The van der Waals surface area contributed by atoms with Crippen LogP contribution in [0.5, 0.6) is 0 Å². The van der Waals surface area contributed by atoms with Gasteiger partial charge in [0.05, 0.1) is 10.6 Å². The van der Waals surface area contributed by atoms with Crippen LogP contribution in [0.1, 0.15) is 21.5 Å². The number of aryl methyl sites for hydroxylation is 2. The minimum atomic E-state index is -3.57. The summed E-state index contributed by atoms with van der Waals surface area (Å²) >= 11 is 1.23. The fourth-order valence-electron chi connectivity index (χ4n) is 2.56. The number of rotatable bonds is 6. The fraction of sp³-hybridized carbons (Fsp3) is 0.278. The van der Waals surface area contributed by atoms with E-state index in [1.807, 2.05) is 32.0 Å². The van der Waals surface area contributed by atoms with Crippen molar-refractivity contribution < 1.29 is 13.2 Å². The molecular formula is C18H20N4O3S2. The van der Waals surface area contributed by atoms with Gasteiger partial charge < -0.3 is 0 Å². The number of pyridine rings is 1. The Kier molecular flexibility index (Phi) is 5.36. The zero-order valence-electron chi connectivity index (χ0n) is 15.5. The van der Waals surface area contributed by atoms with Crippen molar-refractivity contribution in [2.45, 2.75) is 23.9 Å². The maximum Gasteiger partial charge on any atom is 0.244 e. The van der Waals surface area contributed by atoms with E-state index in [0.717, 1.165) is 15.4 Å². The van der Waals surface area contributed by atoms with Gasteiger partial charge in [-0.1, -0.05) is 29.5 Å². The van der Waals surface area contributed by atoms with Crippen LogP contribution >= 0.6 is 11.8 Å². The SMILES string of the molecule is Cc1ccc(C)c(C(=O)CSc2nnc3ccc(S(=O)(=O)N(C)C)cn23)c1. The van der Waals surface area contributed by atoms with Crippen LogP contribution in [0.15, 0.2) is 46.6 Å². The molecule has 0 fully saturated rings. The van der Waals surface area contributed by atoms with Crippen LogP contribution in [0.4, 0.5) is 0 Å². The Balaban J connectivity index is 1.87. The van der Waals surface area contributed by atoms with Gasteiger partial charge in [0.15, 0.2) is 16.6 Å². The summed E-state index contributed by atoms with van der Waals surface area (Å²) in [6.07, 6.45) is 1.48. The number of ketones is 1. The topological polar surface area (TPSA) is 84.6 Å². The number of fused-ring (bicyclic) bond motifs is 1. The van der Waals surface area contributed by atoms with E-state index in [4.69, 9.17) is 0 Å². The molecule has 0 bridgehead atoms. The number of aromatic nitrogens is 3. The normalized spacial score (nSPS) is 12.0. The first kappa shape index (κ1) is 19.5. The lowest BCUT2D eigenvalue weighted by molar-refractivity contribution is 0.102. The van der Waals surface area contributed by atoms with Crippen molar-refractivity contribution in [2.24, 2.45) is 0 Å². The van der Waals surface area contributed by atoms with E-state index in [2.05, 4.69) is 10.2 Å². The Morgan fingerprint density at radius 1 is 1.15 bits per heavy atom. The van der Waals surface area contributed by atoms with Crippen LogP contribution in [-0.4, -0.2) is 53.0 Å². The molecule has 3 aromatic rings. The first-order chi connectivity index (χ1) is 12.7. The molecule has 3 rings (SSSR count). The summed E-state index contributed by atoms with van der Waals surface area (Å²) in [5.74, 6) is 0.186. The standard InChI is InChI=1S/C18H20N4O3S2/c1-12-5-6-13(2)15(9-12)16(23)11-26-18-20-19-17-8-7-14(10-22(17)18)27(24,25)21(3)4/h5-10H,11H2,1-4H3.